The second-order valence-corrected chi connectivity index (χ2v) is 6.62. The molecule has 0 unspecified atom stereocenters. The fourth-order valence-corrected chi connectivity index (χ4v) is 3.35. The van der Waals surface area contributed by atoms with E-state index in [2.05, 4.69) is 39.5 Å². The van der Waals surface area contributed by atoms with Gasteiger partial charge < -0.3 is 10.2 Å². The van der Waals surface area contributed by atoms with Gasteiger partial charge in [0.25, 0.3) is 5.91 Å². The molecule has 3 aromatic rings. The number of fused-ring (bicyclic) bond motifs is 1. The van der Waals surface area contributed by atoms with Gasteiger partial charge in [-0.1, -0.05) is 36.4 Å². The number of hydrogen-bond donors (Lipinski definition) is 1. The maximum atomic E-state index is 12.4. The van der Waals surface area contributed by atoms with Crippen molar-refractivity contribution in [2.24, 2.45) is 0 Å². The van der Waals surface area contributed by atoms with E-state index in [1.807, 2.05) is 43.3 Å². The molecule has 0 saturated carbocycles. The topological polar surface area (TPSA) is 45.2 Å². The molecule has 0 aliphatic carbocycles. The Labute approximate surface area is 153 Å². The molecule has 130 valence electrons. The highest BCUT2D eigenvalue weighted by molar-refractivity contribution is 6.03. The van der Waals surface area contributed by atoms with Gasteiger partial charge in [-0.05, 0) is 54.8 Å². The lowest BCUT2D eigenvalue weighted by molar-refractivity contribution is 0.102. The number of aryl methyl sites for hydroxylation is 1. The number of pyridine rings is 1. The lowest BCUT2D eigenvalue weighted by Crippen LogP contribution is -2.19. The number of amides is 1. The number of nitrogens with zero attached hydrogens (tertiary/aromatic N) is 2. The summed E-state index contributed by atoms with van der Waals surface area (Å²) < 4.78 is 0. The van der Waals surface area contributed by atoms with Gasteiger partial charge in [-0.15, -0.1) is 0 Å². The molecule has 0 fully saturated rings. The summed E-state index contributed by atoms with van der Waals surface area (Å²) in [5.41, 5.74) is 5.45. The molecule has 4 nitrogen and oxygen atoms in total. The number of aromatic nitrogens is 1. The molecule has 2 aromatic carbocycles. The summed E-state index contributed by atoms with van der Waals surface area (Å²) in [5.74, 6) is 0.439. The van der Waals surface area contributed by atoms with Crippen LogP contribution in [0.25, 0.3) is 0 Å². The Morgan fingerprint density at radius 2 is 1.85 bits per heavy atom. The van der Waals surface area contributed by atoms with E-state index in [1.54, 1.807) is 6.07 Å². The molecular weight excluding hydrogens is 322 g/mol. The number of hydrogen-bond acceptors (Lipinski definition) is 3. The van der Waals surface area contributed by atoms with Gasteiger partial charge in [0, 0.05) is 30.0 Å². The fraction of sp³-hybridized carbons (Fsp3) is 0.182. The molecule has 1 aliphatic heterocycles. The highest BCUT2D eigenvalue weighted by Crippen LogP contribution is 2.28. The van der Waals surface area contributed by atoms with E-state index in [9.17, 15) is 4.79 Å². The van der Waals surface area contributed by atoms with Crippen molar-refractivity contribution in [1.82, 2.24) is 4.98 Å². The first kappa shape index (κ1) is 16.3. The lowest BCUT2D eigenvalue weighted by Gasteiger charge is -2.19. The van der Waals surface area contributed by atoms with Gasteiger partial charge in [-0.25, -0.2) is 4.98 Å². The highest BCUT2D eigenvalue weighted by atomic mass is 16.1. The van der Waals surface area contributed by atoms with Crippen molar-refractivity contribution in [2.45, 2.75) is 19.9 Å². The Hall–Kier alpha value is -3.14. The van der Waals surface area contributed by atoms with Crippen LogP contribution in [-0.4, -0.2) is 17.4 Å². The number of para-hydroxylation sites is 1. The molecule has 4 heteroatoms. The zero-order chi connectivity index (χ0) is 17.9. The second-order valence-electron chi connectivity index (χ2n) is 6.62. The van der Waals surface area contributed by atoms with E-state index in [-0.39, 0.29) is 5.91 Å². The number of rotatable bonds is 4. The van der Waals surface area contributed by atoms with Crippen molar-refractivity contribution in [3.8, 4) is 0 Å². The first-order valence-corrected chi connectivity index (χ1v) is 8.86. The molecule has 1 N–H and O–H groups in total. The van der Waals surface area contributed by atoms with Gasteiger partial charge in [0.2, 0.25) is 0 Å². The molecule has 1 amide bonds. The molecule has 0 spiro atoms. The smallest absolute Gasteiger partial charge is 0.256 e. The summed E-state index contributed by atoms with van der Waals surface area (Å²) in [6.45, 7) is 3.81. The Morgan fingerprint density at radius 3 is 2.65 bits per heavy atom. The Balaban J connectivity index is 1.43. The number of anilines is 2. The van der Waals surface area contributed by atoms with Crippen molar-refractivity contribution in [1.29, 1.82) is 0 Å². The largest absolute Gasteiger partial charge is 0.367 e. The minimum atomic E-state index is -0.138. The van der Waals surface area contributed by atoms with Crippen molar-refractivity contribution in [3.63, 3.8) is 0 Å². The average Bonchev–Trinajstić information content (AvgIpc) is 3.05. The molecule has 0 bridgehead atoms. The molecule has 0 atom stereocenters. The minimum Gasteiger partial charge on any atom is -0.367 e. The van der Waals surface area contributed by atoms with Crippen LogP contribution in [0.4, 0.5) is 11.5 Å². The van der Waals surface area contributed by atoms with Gasteiger partial charge >= 0.3 is 0 Å². The van der Waals surface area contributed by atoms with Crippen LogP contribution in [0.1, 0.15) is 27.2 Å². The zero-order valence-electron chi connectivity index (χ0n) is 14.8. The lowest BCUT2D eigenvalue weighted by atomic mass is 10.1. The molecule has 26 heavy (non-hydrogen) atoms. The third-order valence-electron chi connectivity index (χ3n) is 4.70. The Bertz CT molecular complexity index is 934. The fourth-order valence-electron chi connectivity index (χ4n) is 3.35. The van der Waals surface area contributed by atoms with Crippen molar-refractivity contribution >= 4 is 17.4 Å². The van der Waals surface area contributed by atoms with Crippen molar-refractivity contribution in [3.05, 3.63) is 89.1 Å². The normalized spacial score (nSPS) is 12.7. The standard InChI is InChI=1S/C22H21N3O/c1-16-5-4-8-21(23-16)24-22(26)19-11-9-17(10-12-19)15-25-14-13-18-6-2-3-7-20(18)25/h2-12H,13-15H2,1H3,(H,23,24,26). The van der Waals surface area contributed by atoms with Gasteiger partial charge in [-0.3, -0.25) is 4.79 Å². The van der Waals surface area contributed by atoms with E-state index >= 15 is 0 Å². The molecule has 1 aromatic heterocycles. The van der Waals surface area contributed by atoms with E-state index in [1.165, 1.54) is 16.8 Å². The summed E-state index contributed by atoms with van der Waals surface area (Å²) in [4.78, 5) is 19.1. The molecule has 4 rings (SSSR count). The number of benzene rings is 2. The summed E-state index contributed by atoms with van der Waals surface area (Å²) in [7, 11) is 0. The summed E-state index contributed by atoms with van der Waals surface area (Å²) in [5, 5.41) is 2.84. The third-order valence-corrected chi connectivity index (χ3v) is 4.70. The molecular formula is C22H21N3O. The van der Waals surface area contributed by atoms with Crippen LogP contribution in [-0.2, 0) is 13.0 Å². The monoisotopic (exact) mass is 343 g/mol. The SMILES string of the molecule is Cc1cccc(NC(=O)c2ccc(CN3CCc4ccccc43)cc2)n1. The molecule has 0 saturated heterocycles. The van der Waals surface area contributed by atoms with Crippen LogP contribution < -0.4 is 10.2 Å². The molecule has 1 aliphatic rings. The Kier molecular flexibility index (Phi) is 4.40. The minimum absolute atomic E-state index is 0.138. The van der Waals surface area contributed by atoms with Crippen LogP contribution in [0.15, 0.2) is 66.7 Å². The van der Waals surface area contributed by atoms with E-state index in [0.29, 0.717) is 11.4 Å². The van der Waals surface area contributed by atoms with Crippen LogP contribution in [0, 0.1) is 6.92 Å². The first-order valence-electron chi connectivity index (χ1n) is 8.86. The van der Waals surface area contributed by atoms with Crippen molar-refractivity contribution in [2.75, 3.05) is 16.8 Å². The van der Waals surface area contributed by atoms with Crippen LogP contribution in [0.2, 0.25) is 0 Å². The average molecular weight is 343 g/mol. The second kappa shape index (κ2) is 7.00. The number of carbonyl (C=O) groups is 1. The van der Waals surface area contributed by atoms with Crippen molar-refractivity contribution < 1.29 is 4.79 Å². The predicted octanol–water partition coefficient (Wildman–Crippen LogP) is 4.21. The van der Waals surface area contributed by atoms with E-state index in [0.717, 1.165) is 25.2 Å². The summed E-state index contributed by atoms with van der Waals surface area (Å²) in [6.07, 6.45) is 1.10. The summed E-state index contributed by atoms with van der Waals surface area (Å²) in [6, 6.07) is 22.0. The maximum absolute atomic E-state index is 12.4. The van der Waals surface area contributed by atoms with E-state index in [4.69, 9.17) is 0 Å². The van der Waals surface area contributed by atoms with Crippen LogP contribution in [0.5, 0.6) is 0 Å². The Morgan fingerprint density at radius 1 is 1.04 bits per heavy atom. The zero-order valence-corrected chi connectivity index (χ0v) is 14.8. The predicted molar refractivity (Wildman–Crippen MR) is 105 cm³/mol. The molecule has 0 radical (unpaired) electrons. The maximum Gasteiger partial charge on any atom is 0.256 e. The first-order chi connectivity index (χ1) is 12.7. The van der Waals surface area contributed by atoms with Crippen LogP contribution in [0.3, 0.4) is 0 Å². The van der Waals surface area contributed by atoms with Gasteiger partial charge in [0.1, 0.15) is 5.82 Å². The quantitative estimate of drug-likeness (QED) is 0.772. The van der Waals surface area contributed by atoms with Crippen LogP contribution >= 0.6 is 0 Å². The third kappa shape index (κ3) is 3.45. The molecule has 2 heterocycles. The number of nitrogens with one attached hydrogen (secondary N) is 1. The van der Waals surface area contributed by atoms with Gasteiger partial charge in [0.15, 0.2) is 0 Å². The highest BCUT2D eigenvalue weighted by Gasteiger charge is 2.18. The van der Waals surface area contributed by atoms with Gasteiger partial charge in [0.05, 0.1) is 0 Å². The summed E-state index contributed by atoms with van der Waals surface area (Å²) >= 11 is 0. The van der Waals surface area contributed by atoms with Gasteiger partial charge in [-0.2, -0.15) is 0 Å². The number of carbonyl (C=O) groups excluding carboxylic acids is 1. The van der Waals surface area contributed by atoms with E-state index < -0.39 is 0 Å².